The van der Waals surface area contributed by atoms with Crippen LogP contribution in [0.1, 0.15) is 25.0 Å². The van der Waals surface area contributed by atoms with E-state index in [1.54, 1.807) is 12.1 Å². The van der Waals surface area contributed by atoms with Crippen LogP contribution in [-0.4, -0.2) is 29.0 Å². The first-order chi connectivity index (χ1) is 8.44. The van der Waals surface area contributed by atoms with Crippen LogP contribution in [0.2, 0.25) is 0 Å². The Morgan fingerprint density at radius 3 is 2.83 bits per heavy atom. The number of nitrogens with zero attached hydrogens (tertiary/aromatic N) is 1. The molecule has 0 atom stereocenters. The van der Waals surface area contributed by atoms with Gasteiger partial charge in [0.2, 0.25) is 5.91 Å². The van der Waals surface area contributed by atoms with Gasteiger partial charge in [0.25, 0.3) is 0 Å². The Morgan fingerprint density at radius 1 is 1.44 bits per heavy atom. The molecule has 98 valence electrons. The van der Waals surface area contributed by atoms with Gasteiger partial charge < -0.3 is 15.7 Å². The maximum Gasteiger partial charge on any atom is 0.229 e. The minimum Gasteiger partial charge on any atom is -0.508 e. The van der Waals surface area contributed by atoms with E-state index in [-0.39, 0.29) is 11.7 Å². The van der Waals surface area contributed by atoms with Crippen LogP contribution in [0.25, 0.3) is 0 Å². The van der Waals surface area contributed by atoms with Crippen molar-refractivity contribution in [1.82, 2.24) is 4.90 Å². The predicted molar refractivity (Wildman–Crippen MR) is 70.1 cm³/mol. The van der Waals surface area contributed by atoms with E-state index in [0.717, 1.165) is 18.5 Å². The number of phenolic OH excluding ortho intramolecular Hbond substituents is 1. The summed E-state index contributed by atoms with van der Waals surface area (Å²) in [6.45, 7) is 5.36. The summed E-state index contributed by atoms with van der Waals surface area (Å²) in [6, 6.07) is 5.37. The van der Waals surface area contributed by atoms with Gasteiger partial charge in [-0.05, 0) is 43.5 Å². The largest absolute Gasteiger partial charge is 0.508 e. The summed E-state index contributed by atoms with van der Waals surface area (Å²) in [5.41, 5.74) is 7.37. The third-order valence-corrected chi connectivity index (χ3v) is 3.58. The second-order valence-electron chi connectivity index (χ2n) is 5.52. The van der Waals surface area contributed by atoms with Crippen LogP contribution in [0.15, 0.2) is 18.2 Å². The molecule has 1 aromatic carbocycles. The lowest BCUT2D eigenvalue weighted by molar-refractivity contribution is -0.140. The normalized spacial score (nSPS) is 15.4. The van der Waals surface area contributed by atoms with Gasteiger partial charge >= 0.3 is 0 Å². The lowest BCUT2D eigenvalue weighted by Gasteiger charge is -2.34. The zero-order valence-electron chi connectivity index (χ0n) is 10.9. The van der Waals surface area contributed by atoms with E-state index < -0.39 is 5.41 Å². The highest BCUT2D eigenvalue weighted by molar-refractivity contribution is 5.82. The van der Waals surface area contributed by atoms with Gasteiger partial charge in [-0.3, -0.25) is 4.79 Å². The number of carbonyl (C=O) groups is 1. The van der Waals surface area contributed by atoms with Crippen molar-refractivity contribution in [2.24, 2.45) is 11.1 Å². The van der Waals surface area contributed by atoms with E-state index in [4.69, 9.17) is 5.73 Å². The molecule has 0 radical (unpaired) electrons. The van der Waals surface area contributed by atoms with Crippen LogP contribution < -0.4 is 5.73 Å². The monoisotopic (exact) mass is 248 g/mol. The first kappa shape index (κ1) is 12.9. The molecule has 1 amide bonds. The number of hydrogen-bond donors (Lipinski definition) is 2. The van der Waals surface area contributed by atoms with Crippen molar-refractivity contribution in [1.29, 1.82) is 0 Å². The molecule has 3 N–H and O–H groups in total. The fraction of sp³-hybridized carbons (Fsp3) is 0.500. The Hall–Kier alpha value is -1.55. The second kappa shape index (κ2) is 4.61. The minimum absolute atomic E-state index is 0.0824. The Morgan fingerprint density at radius 2 is 2.17 bits per heavy atom. The van der Waals surface area contributed by atoms with Crippen molar-refractivity contribution in [3.05, 3.63) is 29.3 Å². The van der Waals surface area contributed by atoms with Crippen LogP contribution in [-0.2, 0) is 17.8 Å². The van der Waals surface area contributed by atoms with Gasteiger partial charge in [-0.15, -0.1) is 0 Å². The van der Waals surface area contributed by atoms with E-state index in [1.165, 1.54) is 5.56 Å². The maximum absolute atomic E-state index is 12.3. The first-order valence-corrected chi connectivity index (χ1v) is 6.24. The van der Waals surface area contributed by atoms with Crippen molar-refractivity contribution in [2.45, 2.75) is 26.8 Å². The van der Waals surface area contributed by atoms with Crippen LogP contribution in [0.3, 0.4) is 0 Å². The molecular formula is C14H20N2O2. The van der Waals surface area contributed by atoms with E-state index in [2.05, 4.69) is 0 Å². The van der Waals surface area contributed by atoms with Crippen LogP contribution in [0, 0.1) is 5.41 Å². The molecule has 0 bridgehead atoms. The molecule has 1 aromatic rings. The molecule has 0 fully saturated rings. The highest BCUT2D eigenvalue weighted by Gasteiger charge is 2.32. The van der Waals surface area contributed by atoms with E-state index in [0.29, 0.717) is 13.1 Å². The fourth-order valence-electron chi connectivity index (χ4n) is 2.23. The molecule has 0 aliphatic carbocycles. The number of fused-ring (bicyclic) bond motifs is 1. The number of carbonyl (C=O) groups excluding carboxylic acids is 1. The smallest absolute Gasteiger partial charge is 0.229 e. The molecule has 1 aliphatic rings. The number of nitrogens with two attached hydrogens (primary N) is 1. The molecule has 2 rings (SSSR count). The molecule has 0 saturated heterocycles. The third-order valence-electron chi connectivity index (χ3n) is 3.58. The molecular weight excluding hydrogens is 228 g/mol. The zero-order chi connectivity index (χ0) is 13.3. The summed E-state index contributed by atoms with van der Waals surface area (Å²) >= 11 is 0. The Kier molecular flexibility index (Phi) is 3.30. The topological polar surface area (TPSA) is 66.6 Å². The number of benzene rings is 1. The number of rotatable bonds is 2. The maximum atomic E-state index is 12.3. The summed E-state index contributed by atoms with van der Waals surface area (Å²) in [5.74, 6) is 0.333. The minimum atomic E-state index is -0.520. The summed E-state index contributed by atoms with van der Waals surface area (Å²) in [4.78, 5) is 14.2. The molecule has 0 aromatic heterocycles. The van der Waals surface area contributed by atoms with Gasteiger partial charge in [0.1, 0.15) is 5.75 Å². The Labute approximate surface area is 107 Å². The first-order valence-electron chi connectivity index (χ1n) is 6.24. The highest BCUT2D eigenvalue weighted by atomic mass is 16.3. The van der Waals surface area contributed by atoms with Gasteiger partial charge in [-0.1, -0.05) is 6.07 Å². The van der Waals surface area contributed by atoms with E-state index >= 15 is 0 Å². The molecule has 1 aliphatic heterocycles. The molecule has 1 heterocycles. The Bertz CT molecular complexity index is 469. The predicted octanol–water partition coefficient (Wildman–Crippen LogP) is 1.26. The summed E-state index contributed by atoms with van der Waals surface area (Å²) in [5, 5.41) is 9.50. The fourth-order valence-corrected chi connectivity index (χ4v) is 2.23. The van der Waals surface area contributed by atoms with Gasteiger partial charge in [0.15, 0.2) is 0 Å². The summed E-state index contributed by atoms with van der Waals surface area (Å²) in [7, 11) is 0. The van der Waals surface area contributed by atoms with Gasteiger partial charge in [-0.25, -0.2) is 0 Å². The van der Waals surface area contributed by atoms with Gasteiger partial charge in [0.05, 0.1) is 5.41 Å². The second-order valence-corrected chi connectivity index (χ2v) is 5.52. The molecule has 0 saturated carbocycles. The molecule has 0 unspecified atom stereocenters. The average molecular weight is 248 g/mol. The van der Waals surface area contributed by atoms with Gasteiger partial charge in [-0.2, -0.15) is 0 Å². The van der Waals surface area contributed by atoms with Crippen molar-refractivity contribution in [3.63, 3.8) is 0 Å². The van der Waals surface area contributed by atoms with Crippen molar-refractivity contribution in [3.8, 4) is 5.75 Å². The van der Waals surface area contributed by atoms with Crippen LogP contribution in [0.5, 0.6) is 5.75 Å². The average Bonchev–Trinajstić information content (AvgIpc) is 2.36. The van der Waals surface area contributed by atoms with Crippen molar-refractivity contribution >= 4 is 5.91 Å². The van der Waals surface area contributed by atoms with Gasteiger partial charge in [0, 0.05) is 19.6 Å². The molecule has 18 heavy (non-hydrogen) atoms. The van der Waals surface area contributed by atoms with E-state index in [9.17, 15) is 9.90 Å². The highest BCUT2D eigenvalue weighted by Crippen LogP contribution is 2.26. The SMILES string of the molecule is CC(C)(CN)C(=O)N1CCc2ccc(O)cc2C1. The summed E-state index contributed by atoms with van der Waals surface area (Å²) in [6.07, 6.45) is 0.835. The quantitative estimate of drug-likeness (QED) is 0.828. The standard InChI is InChI=1S/C14H20N2O2/c1-14(2,9-15)13(18)16-6-5-10-3-4-12(17)7-11(10)8-16/h3-4,7,17H,5-6,8-9,15H2,1-2H3. The van der Waals surface area contributed by atoms with E-state index in [1.807, 2.05) is 24.8 Å². The molecule has 4 heteroatoms. The summed E-state index contributed by atoms with van der Waals surface area (Å²) < 4.78 is 0. The van der Waals surface area contributed by atoms with Crippen LogP contribution >= 0.6 is 0 Å². The van der Waals surface area contributed by atoms with Crippen LogP contribution in [0.4, 0.5) is 0 Å². The lowest BCUT2D eigenvalue weighted by Crippen LogP contribution is -2.46. The third kappa shape index (κ3) is 2.34. The molecule has 0 spiro atoms. The molecule has 4 nitrogen and oxygen atoms in total. The number of phenols is 1. The number of aromatic hydroxyl groups is 1. The van der Waals surface area contributed by atoms with Crippen molar-refractivity contribution < 1.29 is 9.90 Å². The number of hydrogen-bond acceptors (Lipinski definition) is 3. The van der Waals surface area contributed by atoms with Crippen molar-refractivity contribution in [2.75, 3.05) is 13.1 Å². The number of amides is 1. The Balaban J connectivity index is 2.19. The zero-order valence-corrected chi connectivity index (χ0v) is 10.9. The lowest BCUT2D eigenvalue weighted by atomic mass is 9.90.